The van der Waals surface area contributed by atoms with Gasteiger partial charge in [-0.3, -0.25) is 10.1 Å². The van der Waals surface area contributed by atoms with E-state index in [1.807, 2.05) is 35.0 Å². The van der Waals surface area contributed by atoms with Crippen molar-refractivity contribution in [2.75, 3.05) is 5.32 Å². The zero-order chi connectivity index (χ0) is 22.7. The number of fused-ring (bicyclic) bond motifs is 1. The number of benzene rings is 2. The summed E-state index contributed by atoms with van der Waals surface area (Å²) in [5.41, 5.74) is 0.678. The minimum atomic E-state index is -4.67. The predicted molar refractivity (Wildman–Crippen MR) is 116 cm³/mol. The number of imidazole rings is 1. The molecule has 0 aliphatic rings. The number of alkyl halides is 3. The van der Waals surface area contributed by atoms with Crippen LogP contribution in [0.2, 0.25) is 5.02 Å². The number of amides is 1. The maximum absolute atomic E-state index is 13.4. The maximum atomic E-state index is 13.4. The van der Waals surface area contributed by atoms with Crippen molar-refractivity contribution in [2.45, 2.75) is 18.8 Å². The van der Waals surface area contributed by atoms with Crippen LogP contribution in [0.4, 0.5) is 18.9 Å². The van der Waals surface area contributed by atoms with Crippen LogP contribution in [0, 0.1) is 0 Å². The first kappa shape index (κ1) is 21.9. The topological polar surface area (TPSA) is 58.4 Å². The van der Waals surface area contributed by atoms with Crippen LogP contribution in [0.5, 0.6) is 0 Å². The van der Waals surface area contributed by atoms with Crippen LogP contribution < -0.4 is 10.6 Å². The number of nitrogens with one attached hydrogen (secondary N) is 2. The minimum Gasteiger partial charge on any atom is -0.324 e. The molecule has 32 heavy (non-hydrogen) atoms. The van der Waals surface area contributed by atoms with E-state index in [9.17, 15) is 18.0 Å². The van der Waals surface area contributed by atoms with Gasteiger partial charge in [-0.1, -0.05) is 48.0 Å². The Kier molecular flexibility index (Phi) is 6.16. The van der Waals surface area contributed by atoms with Crippen LogP contribution in [-0.4, -0.2) is 15.3 Å². The third-order valence-electron chi connectivity index (χ3n) is 4.84. The summed E-state index contributed by atoms with van der Waals surface area (Å²) in [5.74, 6) is -0.632. The van der Waals surface area contributed by atoms with Crippen molar-refractivity contribution in [3.8, 4) is 0 Å². The molecule has 0 radical (unpaired) electrons. The second kappa shape index (κ2) is 9.02. The van der Waals surface area contributed by atoms with Crippen molar-refractivity contribution in [3.63, 3.8) is 0 Å². The highest BCUT2D eigenvalue weighted by Gasteiger charge is 2.35. The third-order valence-corrected chi connectivity index (χ3v) is 5.08. The molecule has 1 atom stereocenters. The number of rotatable bonds is 6. The molecule has 4 rings (SSSR count). The fourth-order valence-electron chi connectivity index (χ4n) is 3.35. The van der Waals surface area contributed by atoms with Crippen LogP contribution in [0.25, 0.3) is 5.65 Å². The molecular weight excluding hydrogens is 441 g/mol. The van der Waals surface area contributed by atoms with E-state index in [1.54, 1.807) is 30.3 Å². The Morgan fingerprint density at radius 1 is 1.06 bits per heavy atom. The maximum Gasteiger partial charge on any atom is 0.418 e. The number of hydrogen-bond donors (Lipinski definition) is 2. The summed E-state index contributed by atoms with van der Waals surface area (Å²) in [5, 5.41) is 5.44. The number of halogens is 4. The zero-order valence-electron chi connectivity index (χ0n) is 16.6. The van der Waals surface area contributed by atoms with Crippen LogP contribution in [0.15, 0.2) is 79.1 Å². The summed E-state index contributed by atoms with van der Waals surface area (Å²) in [6.07, 6.45) is -0.991. The summed E-state index contributed by atoms with van der Waals surface area (Å²) in [6.45, 7) is 0.238. The van der Waals surface area contributed by atoms with Crippen molar-refractivity contribution in [1.82, 2.24) is 14.7 Å². The lowest BCUT2D eigenvalue weighted by Crippen LogP contribution is -2.33. The Morgan fingerprint density at radius 2 is 1.81 bits per heavy atom. The van der Waals surface area contributed by atoms with E-state index in [-0.39, 0.29) is 17.3 Å². The predicted octanol–water partition coefficient (Wildman–Crippen LogP) is 5.48. The number of anilines is 1. The molecule has 0 saturated carbocycles. The lowest BCUT2D eigenvalue weighted by atomic mass is 10.1. The number of carbonyl (C=O) groups is 1. The van der Waals surface area contributed by atoms with Crippen LogP contribution in [-0.2, 0) is 17.5 Å². The fraction of sp³-hybridized carbons (Fsp3) is 0.130. The normalized spacial score (nSPS) is 12.6. The number of pyridine rings is 1. The molecule has 0 fully saturated rings. The van der Waals surface area contributed by atoms with Gasteiger partial charge < -0.3 is 9.72 Å². The van der Waals surface area contributed by atoms with Gasteiger partial charge in [0.2, 0.25) is 5.91 Å². The largest absolute Gasteiger partial charge is 0.418 e. The molecule has 0 unspecified atom stereocenters. The van der Waals surface area contributed by atoms with E-state index >= 15 is 0 Å². The quantitative estimate of drug-likeness (QED) is 0.402. The van der Waals surface area contributed by atoms with E-state index in [4.69, 9.17) is 11.6 Å². The van der Waals surface area contributed by atoms with Gasteiger partial charge in [0, 0.05) is 24.0 Å². The SMILES string of the molecule is O=C(Nc1ccc(Cl)cc1C(F)(F)F)[C@@H](NCc1cn2ccccc2n1)c1ccccc1. The Morgan fingerprint density at radius 3 is 2.53 bits per heavy atom. The number of carbonyl (C=O) groups excluding carboxylic acids is 1. The monoisotopic (exact) mass is 458 g/mol. The highest BCUT2D eigenvalue weighted by molar-refractivity contribution is 6.30. The van der Waals surface area contributed by atoms with Crippen LogP contribution in [0.3, 0.4) is 0 Å². The van der Waals surface area contributed by atoms with E-state index in [0.29, 0.717) is 11.3 Å². The molecule has 0 bridgehead atoms. The zero-order valence-corrected chi connectivity index (χ0v) is 17.4. The fourth-order valence-corrected chi connectivity index (χ4v) is 3.52. The Hall–Kier alpha value is -3.36. The van der Waals surface area contributed by atoms with E-state index in [2.05, 4.69) is 15.6 Å². The van der Waals surface area contributed by atoms with Crippen molar-refractivity contribution < 1.29 is 18.0 Å². The Labute approximate surface area is 186 Å². The lowest BCUT2D eigenvalue weighted by molar-refractivity contribution is -0.137. The first-order valence-electron chi connectivity index (χ1n) is 9.70. The standard InChI is InChI=1S/C23H18ClF3N4O/c24-16-9-10-19(18(12-16)23(25,26)27)30-22(32)21(15-6-2-1-3-7-15)28-13-17-14-31-11-5-4-8-20(31)29-17/h1-12,14,21,28H,13H2,(H,30,32)/t21-/m0/s1. The number of hydrogen-bond acceptors (Lipinski definition) is 3. The van der Waals surface area contributed by atoms with Gasteiger partial charge in [0.05, 0.1) is 16.9 Å². The summed E-state index contributed by atoms with van der Waals surface area (Å²) in [7, 11) is 0. The van der Waals surface area contributed by atoms with E-state index < -0.39 is 23.7 Å². The van der Waals surface area contributed by atoms with Gasteiger partial charge in [0.15, 0.2) is 0 Å². The molecule has 1 amide bonds. The van der Waals surface area contributed by atoms with Crippen molar-refractivity contribution >= 4 is 28.8 Å². The van der Waals surface area contributed by atoms with E-state index in [1.165, 1.54) is 6.07 Å². The summed E-state index contributed by atoms with van der Waals surface area (Å²) >= 11 is 5.73. The van der Waals surface area contributed by atoms with Crippen LogP contribution >= 0.6 is 11.6 Å². The molecule has 2 aromatic carbocycles. The molecule has 9 heteroatoms. The molecule has 0 saturated heterocycles. The van der Waals surface area contributed by atoms with Gasteiger partial charge in [-0.2, -0.15) is 13.2 Å². The van der Waals surface area contributed by atoms with Crippen molar-refractivity contribution in [2.24, 2.45) is 0 Å². The molecule has 0 aliphatic carbocycles. The summed E-state index contributed by atoms with van der Waals surface area (Å²) < 4.78 is 42.2. The van der Waals surface area contributed by atoms with Gasteiger partial charge >= 0.3 is 6.18 Å². The highest BCUT2D eigenvalue weighted by Crippen LogP contribution is 2.36. The molecule has 0 aliphatic heterocycles. The van der Waals surface area contributed by atoms with Gasteiger partial charge in [-0.05, 0) is 35.9 Å². The van der Waals surface area contributed by atoms with Gasteiger partial charge in [0.25, 0.3) is 0 Å². The van der Waals surface area contributed by atoms with Crippen LogP contribution in [0.1, 0.15) is 22.9 Å². The smallest absolute Gasteiger partial charge is 0.324 e. The molecule has 2 N–H and O–H groups in total. The molecule has 164 valence electrons. The highest BCUT2D eigenvalue weighted by atomic mass is 35.5. The van der Waals surface area contributed by atoms with Crippen molar-refractivity contribution in [1.29, 1.82) is 0 Å². The number of aromatic nitrogens is 2. The molecule has 2 aromatic heterocycles. The molecule has 0 spiro atoms. The Bertz CT molecular complexity index is 1210. The average Bonchev–Trinajstić information content (AvgIpc) is 3.18. The van der Waals surface area contributed by atoms with Crippen molar-refractivity contribution in [3.05, 3.63) is 101 Å². The van der Waals surface area contributed by atoms with Gasteiger partial charge in [-0.15, -0.1) is 0 Å². The first-order chi connectivity index (χ1) is 15.3. The summed E-state index contributed by atoms with van der Waals surface area (Å²) in [6, 6.07) is 16.7. The van der Waals surface area contributed by atoms with Gasteiger partial charge in [-0.25, -0.2) is 4.98 Å². The average molecular weight is 459 g/mol. The first-order valence-corrected chi connectivity index (χ1v) is 10.1. The molecule has 4 aromatic rings. The molecular formula is C23H18ClF3N4O. The minimum absolute atomic E-state index is 0.0695. The Balaban J connectivity index is 1.59. The summed E-state index contributed by atoms with van der Waals surface area (Å²) in [4.78, 5) is 17.6. The third kappa shape index (κ3) is 4.92. The number of nitrogens with zero attached hydrogens (tertiary/aromatic N) is 2. The second-order valence-electron chi connectivity index (χ2n) is 7.10. The lowest BCUT2D eigenvalue weighted by Gasteiger charge is -2.20. The second-order valence-corrected chi connectivity index (χ2v) is 7.54. The van der Waals surface area contributed by atoms with Gasteiger partial charge in [0.1, 0.15) is 11.7 Å². The van der Waals surface area contributed by atoms with E-state index in [0.717, 1.165) is 17.8 Å². The molecule has 2 heterocycles. The molecule has 5 nitrogen and oxygen atoms in total.